The number of benzene rings is 3. The van der Waals surface area contributed by atoms with E-state index in [0.29, 0.717) is 38.4 Å². The number of nitrogens with zero attached hydrogens (tertiary/aromatic N) is 10. The zero-order valence-electron chi connectivity index (χ0n) is 29.0. The Bertz CT molecular complexity index is 2640. The minimum absolute atomic E-state index is 0.0399. The molecule has 0 spiro atoms. The van der Waals surface area contributed by atoms with E-state index in [9.17, 15) is 31.1 Å². The van der Waals surface area contributed by atoms with Crippen molar-refractivity contribution in [3.63, 3.8) is 0 Å². The van der Waals surface area contributed by atoms with Crippen molar-refractivity contribution in [2.45, 2.75) is 38.5 Å². The van der Waals surface area contributed by atoms with Crippen LogP contribution < -0.4 is 0 Å². The molecule has 1 atom stereocenters. The fraction of sp³-hybridized carbons (Fsp3) is 0.162. The van der Waals surface area contributed by atoms with Gasteiger partial charge in [-0.25, -0.2) is 4.68 Å². The van der Waals surface area contributed by atoms with Crippen molar-refractivity contribution in [2.75, 3.05) is 0 Å². The number of halogens is 7. The molecule has 0 fully saturated rings. The van der Waals surface area contributed by atoms with Crippen LogP contribution in [0, 0.1) is 0 Å². The summed E-state index contributed by atoms with van der Waals surface area (Å²) in [7, 11) is 0. The van der Waals surface area contributed by atoms with Crippen molar-refractivity contribution in [3.8, 4) is 34.0 Å². The lowest BCUT2D eigenvalue weighted by molar-refractivity contribution is -0.146. The quantitative estimate of drug-likeness (QED) is 0.149. The molecule has 0 saturated heterocycles. The van der Waals surface area contributed by atoms with Crippen molar-refractivity contribution in [1.82, 2.24) is 44.5 Å². The molecule has 12 nitrogen and oxygen atoms in total. The van der Waals surface area contributed by atoms with Crippen LogP contribution in [0.4, 0.5) is 26.3 Å². The van der Waals surface area contributed by atoms with Gasteiger partial charge in [-0.2, -0.15) is 41.1 Å². The minimum atomic E-state index is -4.56. The van der Waals surface area contributed by atoms with Gasteiger partial charge in [0.15, 0.2) is 5.82 Å². The maximum absolute atomic E-state index is 13.4. The molecule has 7 aromatic rings. The second kappa shape index (κ2) is 13.3. The Morgan fingerprint density at radius 3 is 2.14 bits per heavy atom. The Morgan fingerprint density at radius 1 is 0.839 bits per heavy atom. The number of hydrogen-bond donors (Lipinski definition) is 0. The first-order valence-corrected chi connectivity index (χ1v) is 17.0. The summed E-state index contributed by atoms with van der Waals surface area (Å²) in [5.41, 5.74) is -0.163. The van der Waals surface area contributed by atoms with Crippen LogP contribution >= 0.6 is 11.6 Å². The number of ether oxygens (including phenoxy) is 1. The lowest BCUT2D eigenvalue weighted by Crippen LogP contribution is -2.41. The maximum Gasteiger partial charge on any atom is 0.416 e. The summed E-state index contributed by atoms with van der Waals surface area (Å²) in [6, 6.07) is 17.3. The van der Waals surface area contributed by atoms with Gasteiger partial charge in [-0.1, -0.05) is 23.7 Å². The number of hydrogen-bond acceptors (Lipinski definition) is 8. The molecule has 284 valence electrons. The number of fused-ring (bicyclic) bond motifs is 1. The molecule has 5 heterocycles. The van der Waals surface area contributed by atoms with Gasteiger partial charge in [0, 0.05) is 65.7 Å². The monoisotopic (exact) mass is 790 g/mol. The van der Waals surface area contributed by atoms with Gasteiger partial charge >= 0.3 is 12.4 Å². The molecule has 4 aromatic heterocycles. The average molecular weight is 791 g/mol. The molecular formula is C37H25ClF6N10O2. The number of amides is 1. The number of carbonyl (C=O) groups excluding carboxylic acids is 1. The number of alkyl halides is 6. The molecule has 19 heteroatoms. The zero-order valence-corrected chi connectivity index (χ0v) is 29.7. The number of rotatable bonds is 7. The van der Waals surface area contributed by atoms with Crippen LogP contribution in [-0.2, 0) is 34.2 Å². The van der Waals surface area contributed by atoms with Crippen LogP contribution in [0.1, 0.15) is 30.5 Å². The molecule has 1 unspecified atom stereocenters. The maximum atomic E-state index is 13.4. The molecule has 3 aromatic carbocycles. The molecule has 1 amide bonds. The van der Waals surface area contributed by atoms with Crippen LogP contribution in [0.5, 0.6) is 0 Å². The van der Waals surface area contributed by atoms with E-state index in [1.165, 1.54) is 42.8 Å². The summed E-state index contributed by atoms with van der Waals surface area (Å²) in [6.07, 6.45) is -2.51. The largest absolute Gasteiger partial charge is 0.446 e. The normalized spacial score (nSPS) is 16.0. The Hall–Kier alpha value is -6.56. The summed E-state index contributed by atoms with van der Waals surface area (Å²) >= 11 is 6.53. The number of aromatic nitrogens is 8. The van der Waals surface area contributed by atoms with Gasteiger partial charge in [0.05, 0.1) is 28.1 Å². The van der Waals surface area contributed by atoms with Crippen LogP contribution in [0.3, 0.4) is 0 Å². The third-order valence-corrected chi connectivity index (χ3v) is 9.41. The van der Waals surface area contributed by atoms with Crippen molar-refractivity contribution < 1.29 is 35.9 Å². The van der Waals surface area contributed by atoms with Crippen molar-refractivity contribution >= 4 is 34.3 Å². The highest BCUT2D eigenvalue weighted by Gasteiger charge is 2.45. The lowest BCUT2D eigenvalue weighted by atomic mass is 10.0. The van der Waals surface area contributed by atoms with E-state index in [0.717, 1.165) is 29.3 Å². The predicted molar refractivity (Wildman–Crippen MR) is 190 cm³/mol. The van der Waals surface area contributed by atoms with E-state index >= 15 is 0 Å². The second-order valence-corrected chi connectivity index (χ2v) is 13.3. The average Bonchev–Trinajstić information content (AvgIpc) is 3.96. The fourth-order valence-electron chi connectivity index (χ4n) is 6.51. The first-order valence-electron chi connectivity index (χ1n) is 16.6. The standard InChI is InChI=1S/C37H25ClF6N10O2/c1-21(55)54-35(2,22-3-5-23(6-4-22)36(39,40)41)56-32(47-54)20-51-18-29(28-17-25(38)9-12-31(28)51)33-30(19-52(48-33)26-13-15-45-16-14-26)34-46-49-50-53(34)27-10-7-24(8-11-27)37(42,43)44/h3-19H,20H2,1-2H3. The van der Waals surface area contributed by atoms with Crippen molar-refractivity contribution in [1.29, 1.82) is 0 Å². The molecule has 0 saturated carbocycles. The van der Waals surface area contributed by atoms with Crippen LogP contribution in [-0.4, -0.2) is 56.4 Å². The SMILES string of the molecule is CC(=O)N1N=C(Cn2cc(-c3nn(-c4ccncc4)cc3-c3nnnn3-c3ccc(C(F)(F)F)cc3)c3cc(Cl)ccc32)OC1(C)c1ccc(C(F)(F)F)cc1. The lowest BCUT2D eigenvalue weighted by Gasteiger charge is -2.31. The van der Waals surface area contributed by atoms with Crippen LogP contribution in [0.2, 0.25) is 5.02 Å². The highest BCUT2D eigenvalue weighted by molar-refractivity contribution is 6.31. The summed E-state index contributed by atoms with van der Waals surface area (Å²) in [6.45, 7) is 2.76. The van der Waals surface area contributed by atoms with Gasteiger partial charge in [0.25, 0.3) is 0 Å². The van der Waals surface area contributed by atoms with E-state index in [1.807, 2.05) is 0 Å². The highest BCUT2D eigenvalue weighted by atomic mass is 35.5. The zero-order chi connectivity index (χ0) is 39.6. The first-order chi connectivity index (χ1) is 26.6. The highest BCUT2D eigenvalue weighted by Crippen LogP contribution is 2.41. The smallest absolute Gasteiger partial charge is 0.416 e. The van der Waals surface area contributed by atoms with Crippen LogP contribution in [0.15, 0.2) is 109 Å². The van der Waals surface area contributed by atoms with E-state index in [-0.39, 0.29) is 29.5 Å². The number of hydrazone groups is 1. The molecule has 1 aliphatic rings. The molecule has 1 aliphatic heterocycles. The van der Waals surface area contributed by atoms with Gasteiger partial charge in [0.1, 0.15) is 12.2 Å². The fourth-order valence-corrected chi connectivity index (χ4v) is 6.68. The molecule has 0 radical (unpaired) electrons. The molecule has 0 N–H and O–H groups in total. The third-order valence-electron chi connectivity index (χ3n) is 9.17. The van der Waals surface area contributed by atoms with Gasteiger partial charge in [-0.05, 0) is 77.2 Å². The second-order valence-electron chi connectivity index (χ2n) is 12.8. The molecular weight excluding hydrogens is 766 g/mol. The Labute approximate surface area is 317 Å². The summed E-state index contributed by atoms with van der Waals surface area (Å²) in [4.78, 5) is 16.9. The van der Waals surface area contributed by atoms with E-state index in [1.54, 1.807) is 64.4 Å². The Morgan fingerprint density at radius 2 is 1.50 bits per heavy atom. The molecule has 0 aliphatic carbocycles. The number of pyridine rings is 1. The molecule has 8 rings (SSSR count). The van der Waals surface area contributed by atoms with E-state index < -0.39 is 35.1 Å². The summed E-state index contributed by atoms with van der Waals surface area (Å²) < 4.78 is 91.1. The van der Waals surface area contributed by atoms with Gasteiger partial charge in [-0.3, -0.25) is 9.78 Å². The first kappa shape index (κ1) is 36.4. The topological polar surface area (TPSA) is 121 Å². The third kappa shape index (κ3) is 6.50. The van der Waals surface area contributed by atoms with Crippen molar-refractivity contribution in [3.05, 3.63) is 125 Å². The van der Waals surface area contributed by atoms with E-state index in [4.69, 9.17) is 21.4 Å². The van der Waals surface area contributed by atoms with Crippen LogP contribution in [0.25, 0.3) is 44.9 Å². The number of tetrazole rings is 1. The number of carbonyl (C=O) groups is 1. The summed E-state index contributed by atoms with van der Waals surface area (Å²) in [5.74, 6) is -0.269. The van der Waals surface area contributed by atoms with Gasteiger partial charge in [-0.15, -0.1) is 10.2 Å². The van der Waals surface area contributed by atoms with Gasteiger partial charge in [0.2, 0.25) is 17.5 Å². The Kier molecular flexibility index (Phi) is 8.67. The molecule has 56 heavy (non-hydrogen) atoms. The summed E-state index contributed by atoms with van der Waals surface area (Å²) in [5, 5.41) is 23.6. The van der Waals surface area contributed by atoms with E-state index in [2.05, 4.69) is 25.6 Å². The Balaban J connectivity index is 1.23. The predicted octanol–water partition coefficient (Wildman–Crippen LogP) is 8.29. The minimum Gasteiger partial charge on any atom is -0.446 e. The van der Waals surface area contributed by atoms with Crippen molar-refractivity contribution in [2.24, 2.45) is 5.10 Å². The molecule has 0 bridgehead atoms. The van der Waals surface area contributed by atoms with Gasteiger partial charge < -0.3 is 9.30 Å².